The fourth-order valence-corrected chi connectivity index (χ4v) is 2.33. The molecule has 3 rings (SSSR count). The molecule has 0 radical (unpaired) electrons. The summed E-state index contributed by atoms with van der Waals surface area (Å²) in [5, 5.41) is 2.60. The van der Waals surface area contributed by atoms with Crippen LogP contribution in [-0.2, 0) is 13.7 Å². The highest BCUT2D eigenvalue weighted by atomic mass is 32.2. The number of nitrogens with zero attached hydrogens (tertiary/aromatic N) is 2. The Morgan fingerprint density at radius 2 is 2.04 bits per heavy atom. The molecule has 8 nitrogen and oxygen atoms in total. The van der Waals surface area contributed by atoms with Crippen LogP contribution in [0, 0.1) is 0 Å². The van der Waals surface area contributed by atoms with Crippen molar-refractivity contribution in [3.05, 3.63) is 12.1 Å². The summed E-state index contributed by atoms with van der Waals surface area (Å²) in [4.78, 5) is 28.8. The van der Waals surface area contributed by atoms with Gasteiger partial charge in [-0.15, -0.1) is 0 Å². The van der Waals surface area contributed by atoms with Crippen molar-refractivity contribution in [3.63, 3.8) is 0 Å². The van der Waals surface area contributed by atoms with Crippen LogP contribution in [0.2, 0.25) is 0 Å². The summed E-state index contributed by atoms with van der Waals surface area (Å²) in [5.41, 5.74) is 0. The molecule has 1 saturated heterocycles. The number of nitrogens with one attached hydrogen (secondary N) is 1. The molecule has 2 aliphatic rings. The lowest BCUT2D eigenvalue weighted by Gasteiger charge is -2.19. The molecule has 2 aliphatic heterocycles. The molecular weight excluding hydrogens is 346 g/mol. The van der Waals surface area contributed by atoms with E-state index in [4.69, 9.17) is 13.7 Å². The van der Waals surface area contributed by atoms with E-state index in [1.54, 1.807) is 18.4 Å². The monoisotopic (exact) mass is 371 g/mol. The molecule has 3 heterocycles. The molecule has 1 fully saturated rings. The normalized spacial score (nSPS) is 17.8. The van der Waals surface area contributed by atoms with Gasteiger partial charge in [0.1, 0.15) is 18.5 Å². The quantitative estimate of drug-likeness (QED) is 0.813. The van der Waals surface area contributed by atoms with E-state index >= 15 is 0 Å². The Balaban J connectivity index is 0.000000730. The van der Waals surface area contributed by atoms with Crippen LogP contribution in [0.15, 0.2) is 12.1 Å². The van der Waals surface area contributed by atoms with Gasteiger partial charge in [-0.1, -0.05) is 27.7 Å². The SMILES string of the molecule is CC.CC.CSOCC1CN(c2ccc3c(n2)NC(=O)CO3)C(=O)O1. The Hall–Kier alpha value is -2.00. The van der Waals surface area contributed by atoms with E-state index < -0.39 is 6.09 Å². The van der Waals surface area contributed by atoms with Crippen molar-refractivity contribution in [1.29, 1.82) is 0 Å². The third kappa shape index (κ3) is 5.50. The fraction of sp³-hybridized carbons (Fsp3) is 0.562. The smallest absolute Gasteiger partial charge is 0.416 e. The van der Waals surface area contributed by atoms with Gasteiger partial charge in [0.15, 0.2) is 18.2 Å². The molecule has 0 aromatic carbocycles. The second kappa shape index (κ2) is 10.8. The Morgan fingerprint density at radius 3 is 2.72 bits per heavy atom. The molecular formula is C16H25N3O5S. The summed E-state index contributed by atoms with van der Waals surface area (Å²) in [6.45, 7) is 8.63. The number of hydrogen-bond acceptors (Lipinski definition) is 7. The van der Waals surface area contributed by atoms with Crippen LogP contribution in [0.4, 0.5) is 16.4 Å². The highest BCUT2D eigenvalue weighted by Crippen LogP contribution is 2.30. The Kier molecular flexibility index (Phi) is 9.07. The highest BCUT2D eigenvalue weighted by molar-refractivity contribution is 7.93. The summed E-state index contributed by atoms with van der Waals surface area (Å²) in [5.74, 6) is 0.909. The third-order valence-corrected chi connectivity index (χ3v) is 3.35. The number of rotatable bonds is 4. The van der Waals surface area contributed by atoms with Gasteiger partial charge < -0.3 is 19.0 Å². The van der Waals surface area contributed by atoms with Crippen LogP contribution in [-0.4, -0.2) is 49.1 Å². The van der Waals surface area contributed by atoms with Gasteiger partial charge in [0, 0.05) is 6.26 Å². The number of amides is 2. The molecule has 0 aliphatic carbocycles. The average Bonchev–Trinajstić information content (AvgIpc) is 3.03. The number of pyridine rings is 1. The zero-order valence-corrected chi connectivity index (χ0v) is 16.0. The van der Waals surface area contributed by atoms with E-state index in [0.29, 0.717) is 30.5 Å². The number of aromatic nitrogens is 1. The number of fused-ring (bicyclic) bond motifs is 1. The standard InChI is InChI=1S/C12H13N3O5S.2C2H6/c1-21-19-5-7-4-15(12(17)20-7)9-3-2-8-11(13-9)14-10(16)6-18-8;2*1-2/h2-3,7H,4-6H2,1H3,(H,13,14,16);2*1-2H3. The summed E-state index contributed by atoms with van der Waals surface area (Å²) in [6.07, 6.45) is 0.969. The summed E-state index contributed by atoms with van der Waals surface area (Å²) < 4.78 is 15.6. The van der Waals surface area contributed by atoms with Crippen molar-refractivity contribution in [1.82, 2.24) is 4.98 Å². The molecule has 1 aromatic rings. The first-order valence-electron chi connectivity index (χ1n) is 8.25. The molecule has 140 valence electrons. The van der Waals surface area contributed by atoms with Crippen molar-refractivity contribution >= 4 is 35.7 Å². The van der Waals surface area contributed by atoms with Crippen molar-refractivity contribution in [2.75, 3.05) is 36.2 Å². The molecule has 9 heteroatoms. The first-order chi connectivity index (χ1) is 12.2. The summed E-state index contributed by atoms with van der Waals surface area (Å²) in [7, 11) is 0. The summed E-state index contributed by atoms with van der Waals surface area (Å²) >= 11 is 1.22. The Labute approximate surface area is 152 Å². The molecule has 1 N–H and O–H groups in total. The minimum atomic E-state index is -0.486. The minimum Gasteiger partial charge on any atom is -0.480 e. The van der Waals surface area contributed by atoms with E-state index in [9.17, 15) is 9.59 Å². The van der Waals surface area contributed by atoms with Crippen molar-refractivity contribution in [3.8, 4) is 5.75 Å². The number of cyclic esters (lactones) is 1. The van der Waals surface area contributed by atoms with E-state index in [0.717, 1.165) is 0 Å². The van der Waals surface area contributed by atoms with Gasteiger partial charge in [-0.3, -0.25) is 9.69 Å². The minimum absolute atomic E-state index is 0.0338. The predicted molar refractivity (Wildman–Crippen MR) is 98.1 cm³/mol. The highest BCUT2D eigenvalue weighted by Gasteiger charge is 2.34. The molecule has 2 amide bonds. The van der Waals surface area contributed by atoms with Crippen molar-refractivity contribution in [2.45, 2.75) is 33.8 Å². The zero-order valence-electron chi connectivity index (χ0n) is 15.2. The second-order valence-corrected chi connectivity index (χ2v) is 4.99. The molecule has 1 aromatic heterocycles. The van der Waals surface area contributed by atoms with Crippen molar-refractivity contribution < 1.29 is 23.2 Å². The van der Waals surface area contributed by atoms with E-state index in [-0.39, 0.29) is 18.6 Å². The maximum absolute atomic E-state index is 11.9. The van der Waals surface area contributed by atoms with Gasteiger partial charge in [0.25, 0.3) is 5.91 Å². The molecule has 0 saturated carbocycles. The van der Waals surface area contributed by atoms with Gasteiger partial charge in [0.05, 0.1) is 6.54 Å². The van der Waals surface area contributed by atoms with E-state index in [1.807, 2.05) is 27.7 Å². The molecule has 0 bridgehead atoms. The Morgan fingerprint density at radius 1 is 1.32 bits per heavy atom. The maximum atomic E-state index is 11.9. The maximum Gasteiger partial charge on any atom is 0.416 e. The lowest BCUT2D eigenvalue weighted by atomic mass is 10.3. The average molecular weight is 371 g/mol. The fourth-order valence-electron chi connectivity index (χ4n) is 2.04. The van der Waals surface area contributed by atoms with Crippen LogP contribution in [0.25, 0.3) is 0 Å². The van der Waals surface area contributed by atoms with Gasteiger partial charge in [-0.25, -0.2) is 9.78 Å². The lowest BCUT2D eigenvalue weighted by molar-refractivity contribution is -0.118. The third-order valence-electron chi connectivity index (χ3n) is 2.98. The van der Waals surface area contributed by atoms with Crippen LogP contribution < -0.4 is 15.0 Å². The van der Waals surface area contributed by atoms with Gasteiger partial charge in [-0.2, -0.15) is 0 Å². The van der Waals surface area contributed by atoms with Gasteiger partial charge in [0.2, 0.25) is 0 Å². The van der Waals surface area contributed by atoms with Crippen LogP contribution in [0.3, 0.4) is 0 Å². The topological polar surface area (TPSA) is 90.0 Å². The number of anilines is 2. The first kappa shape index (κ1) is 21.0. The largest absolute Gasteiger partial charge is 0.480 e. The number of ether oxygens (including phenoxy) is 2. The molecule has 1 unspecified atom stereocenters. The first-order valence-corrected chi connectivity index (χ1v) is 9.40. The van der Waals surface area contributed by atoms with E-state index in [1.165, 1.54) is 16.9 Å². The Bertz CT molecular complexity index is 585. The lowest BCUT2D eigenvalue weighted by Crippen LogP contribution is -2.29. The number of hydrogen-bond donors (Lipinski definition) is 1. The predicted octanol–water partition coefficient (Wildman–Crippen LogP) is 3.08. The molecule has 25 heavy (non-hydrogen) atoms. The molecule has 0 spiro atoms. The summed E-state index contributed by atoms with van der Waals surface area (Å²) in [6, 6.07) is 3.31. The van der Waals surface area contributed by atoms with Gasteiger partial charge >= 0.3 is 6.09 Å². The number of carbonyl (C=O) groups is 2. The van der Waals surface area contributed by atoms with Crippen LogP contribution in [0.1, 0.15) is 27.7 Å². The second-order valence-electron chi connectivity index (χ2n) is 4.42. The van der Waals surface area contributed by atoms with Crippen molar-refractivity contribution in [2.24, 2.45) is 0 Å². The van der Waals surface area contributed by atoms with E-state index in [2.05, 4.69) is 10.3 Å². The number of carbonyl (C=O) groups excluding carboxylic acids is 2. The van der Waals surface area contributed by atoms with Gasteiger partial charge in [-0.05, 0) is 24.2 Å². The molecule has 1 atom stereocenters. The van der Waals surface area contributed by atoms with Crippen LogP contribution >= 0.6 is 12.0 Å². The van der Waals surface area contributed by atoms with Crippen LogP contribution in [0.5, 0.6) is 5.75 Å². The zero-order chi connectivity index (χ0) is 18.8.